The minimum absolute atomic E-state index is 0.832. The van der Waals surface area contributed by atoms with Crippen molar-refractivity contribution in [2.75, 3.05) is 0 Å². The van der Waals surface area contributed by atoms with Gasteiger partial charge in [0, 0.05) is 32.9 Å². The van der Waals surface area contributed by atoms with Crippen LogP contribution in [0, 0.1) is 0 Å². The molecule has 0 fully saturated rings. The lowest BCUT2D eigenvalue weighted by Crippen LogP contribution is -1.95. The van der Waals surface area contributed by atoms with E-state index in [0.717, 1.165) is 40.4 Å². The summed E-state index contributed by atoms with van der Waals surface area (Å²) in [6.45, 7) is 0. The van der Waals surface area contributed by atoms with Crippen molar-refractivity contribution in [2.24, 2.45) is 0 Å². The van der Waals surface area contributed by atoms with E-state index in [4.69, 9.17) is 4.74 Å². The molecule has 0 saturated carbocycles. The minimum atomic E-state index is 0.832. The van der Waals surface area contributed by atoms with Gasteiger partial charge in [-0.3, -0.25) is 0 Å². The number of benzene rings is 6. The molecule has 0 saturated heterocycles. The van der Waals surface area contributed by atoms with Gasteiger partial charge in [-0.05, 0) is 90.4 Å². The summed E-state index contributed by atoms with van der Waals surface area (Å²) in [5.41, 5.74) is 9.41. The second-order valence-electron chi connectivity index (χ2n) is 12.1. The Morgan fingerprint density at radius 1 is 0.375 bits per heavy atom. The smallest absolute Gasteiger partial charge is 0.123 e. The van der Waals surface area contributed by atoms with E-state index in [1.807, 2.05) is 0 Å². The Bertz CT molecular complexity index is 2300. The van der Waals surface area contributed by atoms with Crippen LogP contribution in [0.3, 0.4) is 0 Å². The third-order valence-electron chi connectivity index (χ3n) is 9.22. The first kappa shape index (κ1) is 27.9. The number of fused-ring (bicyclic) bond motifs is 6. The van der Waals surface area contributed by atoms with E-state index in [1.165, 1.54) is 43.6 Å². The zero-order valence-electron chi connectivity index (χ0n) is 26.3. The molecule has 228 valence electrons. The second kappa shape index (κ2) is 11.8. The molecule has 3 heterocycles. The summed E-state index contributed by atoms with van der Waals surface area (Å²) in [5.74, 6) is 1.70. The molecule has 6 aromatic carbocycles. The summed E-state index contributed by atoms with van der Waals surface area (Å²) < 4.78 is 10.9. The van der Waals surface area contributed by atoms with Crippen molar-refractivity contribution in [2.45, 2.75) is 6.42 Å². The van der Waals surface area contributed by atoms with E-state index in [0.29, 0.717) is 0 Å². The van der Waals surface area contributed by atoms with Crippen LogP contribution in [0.5, 0.6) is 0 Å². The van der Waals surface area contributed by atoms with Crippen LogP contribution in [0.2, 0.25) is 0 Å². The quantitative estimate of drug-likeness (QED) is 0.182. The summed E-state index contributed by atoms with van der Waals surface area (Å²) in [7, 11) is 0. The molecule has 2 aromatic heterocycles. The van der Waals surface area contributed by atoms with Crippen molar-refractivity contribution < 1.29 is 4.74 Å². The number of nitrogens with zero attached hydrogens (tertiary/aromatic N) is 2. The highest BCUT2D eigenvalue weighted by Gasteiger charge is 2.12. The van der Waals surface area contributed by atoms with E-state index in [-0.39, 0.29) is 0 Å². The van der Waals surface area contributed by atoms with Crippen molar-refractivity contribution in [3.8, 4) is 11.4 Å². The van der Waals surface area contributed by atoms with E-state index in [1.54, 1.807) is 0 Å². The molecule has 48 heavy (non-hydrogen) atoms. The Morgan fingerprint density at radius 2 is 0.708 bits per heavy atom. The summed E-state index contributed by atoms with van der Waals surface area (Å²) in [6, 6.07) is 51.8. The molecule has 0 bridgehead atoms. The van der Waals surface area contributed by atoms with Crippen LogP contribution in [0.4, 0.5) is 0 Å². The average molecular weight is 617 g/mol. The summed E-state index contributed by atoms with van der Waals surface area (Å²) in [6.07, 6.45) is 13.4. The molecule has 1 aliphatic rings. The van der Waals surface area contributed by atoms with Crippen LogP contribution < -0.4 is 0 Å². The maximum atomic E-state index is 6.23. The van der Waals surface area contributed by atoms with Crippen molar-refractivity contribution in [1.29, 1.82) is 0 Å². The third-order valence-corrected chi connectivity index (χ3v) is 9.22. The molecule has 0 amide bonds. The van der Waals surface area contributed by atoms with Crippen molar-refractivity contribution in [3.63, 3.8) is 0 Å². The molecule has 0 aliphatic carbocycles. The second-order valence-corrected chi connectivity index (χ2v) is 12.1. The molecule has 0 unspecified atom stereocenters. The van der Waals surface area contributed by atoms with Crippen LogP contribution in [0.25, 0.3) is 67.1 Å². The number of allylic oxidation sites excluding steroid dienone is 4. The fourth-order valence-corrected chi connectivity index (χ4v) is 6.94. The predicted molar refractivity (Wildman–Crippen MR) is 201 cm³/mol. The van der Waals surface area contributed by atoms with Gasteiger partial charge < -0.3 is 13.9 Å². The number of ether oxygens (including phenoxy) is 1. The van der Waals surface area contributed by atoms with Crippen LogP contribution in [0.1, 0.15) is 17.5 Å². The van der Waals surface area contributed by atoms with Gasteiger partial charge >= 0.3 is 0 Å². The van der Waals surface area contributed by atoms with Crippen molar-refractivity contribution >= 4 is 55.8 Å². The summed E-state index contributed by atoms with van der Waals surface area (Å²) >= 11 is 0. The van der Waals surface area contributed by atoms with Gasteiger partial charge in [0.15, 0.2) is 0 Å². The number of aromatic nitrogens is 2. The van der Waals surface area contributed by atoms with Gasteiger partial charge in [-0.25, -0.2) is 0 Å². The molecule has 3 heteroatoms. The van der Waals surface area contributed by atoms with Crippen molar-refractivity contribution in [1.82, 2.24) is 9.13 Å². The topological polar surface area (TPSA) is 19.1 Å². The molecule has 3 nitrogen and oxygen atoms in total. The van der Waals surface area contributed by atoms with Crippen molar-refractivity contribution in [3.05, 3.63) is 193 Å². The zero-order valence-corrected chi connectivity index (χ0v) is 26.3. The SMILES string of the molecule is C1=C(/C=C/c2ccc(-n3c4ccccc4c4ccccc43)cc2)OC(/C=C/c2ccc(-n3c4ccccc4c4ccccc43)cc2)=CC1. The lowest BCUT2D eigenvalue weighted by molar-refractivity contribution is 0.327. The molecule has 8 aromatic rings. The predicted octanol–water partition coefficient (Wildman–Crippen LogP) is 11.8. The van der Waals surface area contributed by atoms with Gasteiger partial charge in [-0.2, -0.15) is 0 Å². The van der Waals surface area contributed by atoms with Gasteiger partial charge in [-0.15, -0.1) is 0 Å². The summed E-state index contributed by atoms with van der Waals surface area (Å²) in [4.78, 5) is 0. The monoisotopic (exact) mass is 616 g/mol. The first-order valence-corrected chi connectivity index (χ1v) is 16.4. The highest BCUT2D eigenvalue weighted by molar-refractivity contribution is 6.10. The van der Waals surface area contributed by atoms with Gasteiger partial charge in [0.2, 0.25) is 0 Å². The van der Waals surface area contributed by atoms with Crippen LogP contribution in [-0.4, -0.2) is 9.13 Å². The molecule has 0 N–H and O–H groups in total. The Morgan fingerprint density at radius 3 is 1.06 bits per heavy atom. The summed E-state index contributed by atoms with van der Waals surface area (Å²) in [5, 5.41) is 5.08. The molecule has 9 rings (SSSR count). The third kappa shape index (κ3) is 4.94. The Labute approximate surface area is 279 Å². The minimum Gasteiger partial charge on any atom is -0.458 e. The van der Waals surface area contributed by atoms with Crippen LogP contribution in [0.15, 0.2) is 181 Å². The lowest BCUT2D eigenvalue weighted by atomic mass is 10.1. The van der Waals surface area contributed by atoms with E-state index in [9.17, 15) is 0 Å². The Hall–Kier alpha value is -6.32. The van der Waals surface area contributed by atoms with E-state index in [2.05, 4.69) is 191 Å². The van der Waals surface area contributed by atoms with Gasteiger partial charge in [0.25, 0.3) is 0 Å². The largest absolute Gasteiger partial charge is 0.458 e. The van der Waals surface area contributed by atoms with Gasteiger partial charge in [0.05, 0.1) is 22.1 Å². The molecule has 0 spiro atoms. The first-order valence-electron chi connectivity index (χ1n) is 16.4. The number of hydrogen-bond donors (Lipinski definition) is 0. The highest BCUT2D eigenvalue weighted by Crippen LogP contribution is 2.33. The average Bonchev–Trinajstić information content (AvgIpc) is 3.67. The van der Waals surface area contributed by atoms with Gasteiger partial charge in [-0.1, -0.05) is 109 Å². The maximum Gasteiger partial charge on any atom is 0.123 e. The standard InChI is InChI=1S/C45H32N2O/c1-5-16-42-38(12-1)39-13-2-6-17-43(39)46(42)34-26-20-32(21-27-34)24-30-36-10-9-11-37(48-36)31-25-33-22-28-35(29-23-33)47-44-18-7-3-14-40(44)41-15-4-8-19-45(41)47/h1-8,10-31H,9H2/b30-24+,31-25+. The molecular weight excluding hydrogens is 585 g/mol. The van der Waals surface area contributed by atoms with E-state index < -0.39 is 0 Å². The van der Waals surface area contributed by atoms with Crippen LogP contribution >= 0.6 is 0 Å². The fourth-order valence-electron chi connectivity index (χ4n) is 6.94. The normalized spacial score (nSPS) is 13.6. The lowest BCUT2D eigenvalue weighted by Gasteiger charge is -2.12. The molecule has 0 atom stereocenters. The fraction of sp³-hybridized carbons (Fsp3) is 0.0222. The Kier molecular flexibility index (Phi) is 6.87. The highest BCUT2D eigenvalue weighted by atomic mass is 16.5. The maximum absolute atomic E-state index is 6.23. The first-order chi connectivity index (χ1) is 23.8. The number of para-hydroxylation sites is 4. The molecule has 0 radical (unpaired) electrons. The van der Waals surface area contributed by atoms with Gasteiger partial charge in [0.1, 0.15) is 11.5 Å². The Balaban J connectivity index is 0.894. The number of hydrogen-bond acceptors (Lipinski definition) is 1. The van der Waals surface area contributed by atoms with Crippen LogP contribution in [-0.2, 0) is 4.74 Å². The van der Waals surface area contributed by atoms with E-state index >= 15 is 0 Å². The molecular formula is C45H32N2O. The number of rotatable bonds is 6. The molecule has 1 aliphatic heterocycles. The zero-order chi connectivity index (χ0) is 31.9.